The summed E-state index contributed by atoms with van der Waals surface area (Å²) in [6.07, 6.45) is 5.14. The van der Waals surface area contributed by atoms with Crippen LogP contribution in [0.5, 0.6) is 0 Å². The second-order valence-electron chi connectivity index (χ2n) is 6.73. The summed E-state index contributed by atoms with van der Waals surface area (Å²) < 4.78 is 2.06. The van der Waals surface area contributed by atoms with Crippen LogP contribution in [0, 0.1) is 0 Å². The van der Waals surface area contributed by atoms with Gasteiger partial charge in [-0.05, 0) is 38.1 Å². The van der Waals surface area contributed by atoms with E-state index in [0.717, 1.165) is 63.0 Å². The van der Waals surface area contributed by atoms with E-state index in [0.29, 0.717) is 6.04 Å². The van der Waals surface area contributed by atoms with Crippen molar-refractivity contribution in [2.45, 2.75) is 39.2 Å². The van der Waals surface area contributed by atoms with Crippen LogP contribution >= 0.6 is 0 Å². The zero-order valence-electron chi connectivity index (χ0n) is 16.2. The summed E-state index contributed by atoms with van der Waals surface area (Å²) in [5.74, 6) is 2.03. The summed E-state index contributed by atoms with van der Waals surface area (Å²) in [5.41, 5.74) is 0.908. The van der Waals surface area contributed by atoms with Gasteiger partial charge in [0, 0.05) is 45.3 Å². The highest BCUT2D eigenvalue weighted by molar-refractivity contribution is 5.80. The van der Waals surface area contributed by atoms with Gasteiger partial charge in [0.15, 0.2) is 11.6 Å². The fourth-order valence-electron chi connectivity index (χ4n) is 3.81. The molecule has 0 spiro atoms. The summed E-state index contributed by atoms with van der Waals surface area (Å²) >= 11 is 0. The van der Waals surface area contributed by atoms with E-state index in [2.05, 4.69) is 48.6 Å². The minimum atomic E-state index is 0.644. The van der Waals surface area contributed by atoms with Gasteiger partial charge in [-0.3, -0.25) is 14.3 Å². The van der Waals surface area contributed by atoms with Gasteiger partial charge in [-0.1, -0.05) is 19.9 Å². The van der Waals surface area contributed by atoms with E-state index in [1.807, 2.05) is 31.4 Å². The Hall–Kier alpha value is -2.15. The van der Waals surface area contributed by atoms with Gasteiger partial charge in [-0.2, -0.15) is 0 Å². The Labute approximate surface area is 156 Å². The van der Waals surface area contributed by atoms with E-state index in [-0.39, 0.29) is 0 Å². The molecular formula is C19H31N7. The summed E-state index contributed by atoms with van der Waals surface area (Å²) in [6, 6.07) is 6.63. The number of fused-ring (bicyclic) bond motifs is 1. The summed E-state index contributed by atoms with van der Waals surface area (Å²) in [7, 11) is 1.87. The van der Waals surface area contributed by atoms with Crippen LogP contribution in [0.15, 0.2) is 29.4 Å². The number of guanidine groups is 1. The van der Waals surface area contributed by atoms with E-state index < -0.39 is 0 Å². The second-order valence-corrected chi connectivity index (χ2v) is 6.73. The SMILES string of the molecule is CCN(CC)C1CCN(C(=NC)NCCCc2nnc3ccccn23)C1. The first-order valence-corrected chi connectivity index (χ1v) is 9.75. The number of nitrogens with one attached hydrogen (secondary N) is 1. The molecule has 3 rings (SSSR count). The number of aromatic nitrogens is 3. The lowest BCUT2D eigenvalue weighted by molar-refractivity contribution is 0.223. The van der Waals surface area contributed by atoms with Crippen molar-refractivity contribution in [1.29, 1.82) is 0 Å². The van der Waals surface area contributed by atoms with Crippen LogP contribution in [0.1, 0.15) is 32.5 Å². The van der Waals surface area contributed by atoms with Crippen LogP contribution in [0.3, 0.4) is 0 Å². The molecule has 1 N–H and O–H groups in total. The third-order valence-corrected chi connectivity index (χ3v) is 5.25. The van der Waals surface area contributed by atoms with E-state index in [1.165, 1.54) is 6.42 Å². The Morgan fingerprint density at radius 1 is 1.31 bits per heavy atom. The van der Waals surface area contributed by atoms with Crippen LogP contribution in [0.2, 0.25) is 0 Å². The largest absolute Gasteiger partial charge is 0.356 e. The highest BCUT2D eigenvalue weighted by Gasteiger charge is 2.27. The van der Waals surface area contributed by atoms with Gasteiger partial charge in [0.1, 0.15) is 5.82 Å². The zero-order chi connectivity index (χ0) is 18.4. The number of likely N-dealkylation sites (tertiary alicyclic amines) is 1. The van der Waals surface area contributed by atoms with Gasteiger partial charge in [-0.25, -0.2) is 0 Å². The normalized spacial score (nSPS) is 18.2. The molecule has 142 valence electrons. The molecule has 2 aromatic heterocycles. The highest BCUT2D eigenvalue weighted by atomic mass is 15.3. The van der Waals surface area contributed by atoms with Crippen molar-refractivity contribution in [2.24, 2.45) is 4.99 Å². The van der Waals surface area contributed by atoms with Crippen LogP contribution in [0.25, 0.3) is 5.65 Å². The molecule has 0 radical (unpaired) electrons. The number of rotatable bonds is 7. The number of hydrogen-bond acceptors (Lipinski definition) is 4. The zero-order valence-corrected chi connectivity index (χ0v) is 16.2. The van der Waals surface area contributed by atoms with E-state index >= 15 is 0 Å². The van der Waals surface area contributed by atoms with Crippen molar-refractivity contribution >= 4 is 11.6 Å². The number of hydrogen-bond donors (Lipinski definition) is 1. The maximum Gasteiger partial charge on any atom is 0.193 e. The van der Waals surface area contributed by atoms with Crippen LogP contribution in [0.4, 0.5) is 0 Å². The van der Waals surface area contributed by atoms with Crippen molar-refractivity contribution < 1.29 is 0 Å². The lowest BCUT2D eigenvalue weighted by Gasteiger charge is -2.27. The van der Waals surface area contributed by atoms with E-state index in [4.69, 9.17) is 0 Å². The third-order valence-electron chi connectivity index (χ3n) is 5.25. The molecule has 1 aliphatic heterocycles. The van der Waals surface area contributed by atoms with Crippen LogP contribution < -0.4 is 5.32 Å². The van der Waals surface area contributed by atoms with Gasteiger partial charge in [0.2, 0.25) is 0 Å². The predicted octanol–water partition coefficient (Wildman–Crippen LogP) is 1.65. The van der Waals surface area contributed by atoms with E-state index in [1.54, 1.807) is 0 Å². The number of nitrogens with zero attached hydrogens (tertiary/aromatic N) is 6. The van der Waals surface area contributed by atoms with Gasteiger partial charge >= 0.3 is 0 Å². The number of aliphatic imine (C=N–C) groups is 1. The fourth-order valence-corrected chi connectivity index (χ4v) is 3.81. The molecule has 3 heterocycles. The molecule has 1 saturated heterocycles. The minimum Gasteiger partial charge on any atom is -0.356 e. The summed E-state index contributed by atoms with van der Waals surface area (Å²) in [6.45, 7) is 9.76. The standard InChI is InChI=1S/C19H31N7/c1-4-24(5-2)16-11-14-25(15-16)19(20-3)21-12-8-10-18-23-22-17-9-6-7-13-26(17)18/h6-7,9,13,16H,4-5,8,10-12,14-15H2,1-3H3,(H,20,21). The Morgan fingerprint density at radius 3 is 2.92 bits per heavy atom. The molecule has 7 heteroatoms. The Bertz CT molecular complexity index is 720. The van der Waals surface area contributed by atoms with Crippen molar-refractivity contribution in [1.82, 2.24) is 29.7 Å². The van der Waals surface area contributed by atoms with Crippen molar-refractivity contribution in [2.75, 3.05) is 39.8 Å². The first-order valence-electron chi connectivity index (χ1n) is 9.75. The maximum atomic E-state index is 4.48. The van der Waals surface area contributed by atoms with Gasteiger partial charge < -0.3 is 10.2 Å². The molecular weight excluding hydrogens is 326 g/mol. The smallest absolute Gasteiger partial charge is 0.193 e. The summed E-state index contributed by atoms with van der Waals surface area (Å²) in [5, 5.41) is 12.0. The summed E-state index contributed by atoms with van der Waals surface area (Å²) in [4.78, 5) is 9.41. The highest BCUT2D eigenvalue weighted by Crippen LogP contribution is 2.15. The van der Waals surface area contributed by atoms with Crippen molar-refractivity contribution in [3.8, 4) is 0 Å². The minimum absolute atomic E-state index is 0.644. The predicted molar refractivity (Wildman–Crippen MR) is 106 cm³/mol. The molecule has 1 aliphatic rings. The average molecular weight is 358 g/mol. The van der Waals surface area contributed by atoms with Gasteiger partial charge in [0.25, 0.3) is 0 Å². The Balaban J connectivity index is 1.46. The third kappa shape index (κ3) is 4.15. The quantitative estimate of drug-likeness (QED) is 0.464. The van der Waals surface area contributed by atoms with Gasteiger partial charge in [-0.15, -0.1) is 10.2 Å². The average Bonchev–Trinajstić information content (AvgIpc) is 3.31. The van der Waals surface area contributed by atoms with E-state index in [9.17, 15) is 0 Å². The molecule has 0 amide bonds. The lowest BCUT2D eigenvalue weighted by Crippen LogP contribution is -2.43. The monoisotopic (exact) mass is 357 g/mol. The molecule has 1 atom stereocenters. The Kier molecular flexibility index (Phi) is 6.44. The molecule has 2 aromatic rings. The molecule has 7 nitrogen and oxygen atoms in total. The molecule has 0 aromatic carbocycles. The van der Waals surface area contributed by atoms with Gasteiger partial charge in [0.05, 0.1) is 0 Å². The van der Waals surface area contributed by atoms with Crippen molar-refractivity contribution in [3.63, 3.8) is 0 Å². The first kappa shape index (κ1) is 18.6. The Morgan fingerprint density at radius 2 is 2.15 bits per heavy atom. The topological polar surface area (TPSA) is 61.1 Å². The fraction of sp³-hybridized carbons (Fsp3) is 0.632. The number of aryl methyl sites for hydroxylation is 1. The van der Waals surface area contributed by atoms with Crippen LogP contribution in [-0.4, -0.2) is 76.2 Å². The molecule has 0 bridgehead atoms. The van der Waals surface area contributed by atoms with Crippen molar-refractivity contribution in [3.05, 3.63) is 30.2 Å². The number of likely N-dealkylation sites (N-methyl/N-ethyl adjacent to an activating group) is 1. The molecule has 1 unspecified atom stereocenters. The first-order chi connectivity index (χ1) is 12.8. The number of pyridine rings is 1. The molecule has 0 aliphatic carbocycles. The van der Waals surface area contributed by atoms with Crippen LogP contribution in [-0.2, 0) is 6.42 Å². The molecule has 26 heavy (non-hydrogen) atoms. The lowest BCUT2D eigenvalue weighted by atomic mass is 10.2. The molecule has 1 fully saturated rings. The second kappa shape index (κ2) is 8.98. The maximum absolute atomic E-state index is 4.48. The molecule has 0 saturated carbocycles.